The Morgan fingerprint density at radius 1 is 1.47 bits per heavy atom. The Morgan fingerprint density at radius 2 is 2.26 bits per heavy atom. The van der Waals surface area contributed by atoms with Gasteiger partial charge in [-0.05, 0) is 78.5 Å². The van der Waals surface area contributed by atoms with Crippen LogP contribution >= 0.6 is 22.6 Å². The topological polar surface area (TPSA) is 23.5 Å². The number of phenolic OH excluding ortho intramolecular Hbond substituents is 1. The third kappa shape index (κ3) is 3.44. The Hall–Kier alpha value is -0.710. The van der Waals surface area contributed by atoms with Crippen molar-refractivity contribution in [3.63, 3.8) is 0 Å². The van der Waals surface area contributed by atoms with Crippen molar-refractivity contribution in [2.45, 2.75) is 45.6 Å². The van der Waals surface area contributed by atoms with Crippen molar-refractivity contribution < 1.29 is 5.11 Å². The summed E-state index contributed by atoms with van der Waals surface area (Å²) in [5.74, 6) is 0.391. The van der Waals surface area contributed by atoms with Crippen LogP contribution in [0.25, 0.3) is 0 Å². The molecule has 0 spiro atoms. The number of halogens is 1. The van der Waals surface area contributed by atoms with Gasteiger partial charge in [-0.3, -0.25) is 0 Å². The van der Waals surface area contributed by atoms with E-state index in [9.17, 15) is 5.11 Å². The highest BCUT2D eigenvalue weighted by atomic mass is 127. The molecule has 1 unspecified atom stereocenters. The van der Waals surface area contributed by atoms with Crippen molar-refractivity contribution >= 4 is 22.6 Å². The predicted octanol–water partition coefficient (Wildman–Crippen LogP) is 4.26. The average Bonchev–Trinajstić information content (AvgIpc) is 2.43. The van der Waals surface area contributed by atoms with Crippen molar-refractivity contribution in [1.82, 2.24) is 4.90 Å². The summed E-state index contributed by atoms with van der Waals surface area (Å²) in [7, 11) is 0. The number of aromatic hydroxyl groups is 1. The number of allylic oxidation sites excluding steroid dienone is 1. The second kappa shape index (κ2) is 6.64. The zero-order valence-electron chi connectivity index (χ0n) is 11.7. The SMILES string of the molecule is C/C=C(/I)N(CCC)C1CCc2ccc(O)cc2C1. The van der Waals surface area contributed by atoms with E-state index in [4.69, 9.17) is 0 Å². The summed E-state index contributed by atoms with van der Waals surface area (Å²) in [6.07, 6.45) is 6.73. The summed E-state index contributed by atoms with van der Waals surface area (Å²) >= 11 is 2.44. The minimum Gasteiger partial charge on any atom is -0.508 e. The molecule has 0 bridgehead atoms. The standard InChI is InChI=1S/C16H22INO/c1-3-9-18(16(17)4-2)14-7-5-12-6-8-15(19)11-13(12)10-14/h4,6,8,11,14,19H,3,5,7,9-10H2,1-2H3/b16-4-. The maximum absolute atomic E-state index is 9.65. The van der Waals surface area contributed by atoms with E-state index in [-0.39, 0.29) is 0 Å². The minimum absolute atomic E-state index is 0.391. The van der Waals surface area contributed by atoms with Gasteiger partial charge in [0.05, 0.1) is 3.70 Å². The van der Waals surface area contributed by atoms with Gasteiger partial charge < -0.3 is 10.0 Å². The van der Waals surface area contributed by atoms with Gasteiger partial charge in [0.1, 0.15) is 5.75 Å². The van der Waals surface area contributed by atoms with Crippen LogP contribution in [0.2, 0.25) is 0 Å². The van der Waals surface area contributed by atoms with Crippen LogP contribution in [0, 0.1) is 0 Å². The Morgan fingerprint density at radius 3 is 2.95 bits per heavy atom. The lowest BCUT2D eigenvalue weighted by Crippen LogP contribution is -2.38. The van der Waals surface area contributed by atoms with Crippen LogP contribution < -0.4 is 0 Å². The van der Waals surface area contributed by atoms with Gasteiger partial charge in [-0.25, -0.2) is 0 Å². The average molecular weight is 371 g/mol. The molecule has 1 N–H and O–H groups in total. The molecule has 1 aromatic rings. The lowest BCUT2D eigenvalue weighted by atomic mass is 9.87. The maximum atomic E-state index is 9.65. The first kappa shape index (κ1) is 14.7. The van der Waals surface area contributed by atoms with Crippen molar-refractivity contribution in [3.05, 3.63) is 39.1 Å². The van der Waals surface area contributed by atoms with Crippen LogP contribution in [0.4, 0.5) is 0 Å². The Balaban J connectivity index is 2.19. The van der Waals surface area contributed by atoms with E-state index < -0.39 is 0 Å². The predicted molar refractivity (Wildman–Crippen MR) is 88.7 cm³/mol. The van der Waals surface area contributed by atoms with Crippen molar-refractivity contribution in [1.29, 1.82) is 0 Å². The molecule has 3 heteroatoms. The first-order chi connectivity index (χ1) is 9.15. The van der Waals surface area contributed by atoms with Crippen LogP contribution in [-0.4, -0.2) is 22.6 Å². The highest BCUT2D eigenvalue weighted by molar-refractivity contribution is 14.1. The summed E-state index contributed by atoms with van der Waals surface area (Å²) in [6.45, 7) is 5.45. The molecule has 0 radical (unpaired) electrons. The van der Waals surface area contributed by atoms with E-state index in [1.807, 2.05) is 6.07 Å². The van der Waals surface area contributed by atoms with Gasteiger partial charge >= 0.3 is 0 Å². The number of nitrogens with zero attached hydrogens (tertiary/aromatic N) is 1. The van der Waals surface area contributed by atoms with Crippen molar-refractivity contribution in [3.8, 4) is 5.75 Å². The normalized spacial score (nSPS) is 19.1. The molecule has 0 heterocycles. The number of hydrogen-bond acceptors (Lipinski definition) is 2. The first-order valence-electron chi connectivity index (χ1n) is 7.05. The molecular formula is C16H22INO. The summed E-state index contributed by atoms with van der Waals surface area (Å²) in [4.78, 5) is 2.52. The summed E-state index contributed by atoms with van der Waals surface area (Å²) < 4.78 is 1.34. The van der Waals surface area contributed by atoms with E-state index >= 15 is 0 Å². The van der Waals surface area contributed by atoms with Crippen LogP contribution in [0.5, 0.6) is 5.75 Å². The number of aryl methyl sites for hydroxylation is 1. The third-order valence-corrected chi connectivity index (χ3v) is 5.05. The zero-order chi connectivity index (χ0) is 13.8. The molecule has 0 saturated heterocycles. The molecule has 0 fully saturated rings. The molecule has 2 rings (SSSR count). The molecule has 2 nitrogen and oxygen atoms in total. The van der Waals surface area contributed by atoms with Crippen LogP contribution in [0.1, 0.15) is 37.8 Å². The molecular weight excluding hydrogens is 349 g/mol. The lowest BCUT2D eigenvalue weighted by molar-refractivity contribution is 0.249. The summed E-state index contributed by atoms with van der Waals surface area (Å²) in [5, 5.41) is 9.65. The van der Waals surface area contributed by atoms with Crippen LogP contribution in [0.3, 0.4) is 0 Å². The van der Waals surface area contributed by atoms with Gasteiger partial charge in [0.25, 0.3) is 0 Å². The molecule has 104 valence electrons. The van der Waals surface area contributed by atoms with Gasteiger partial charge in [-0.15, -0.1) is 0 Å². The summed E-state index contributed by atoms with van der Waals surface area (Å²) in [6, 6.07) is 6.38. The van der Waals surface area contributed by atoms with E-state index in [0.717, 1.165) is 19.4 Å². The number of rotatable bonds is 4. The van der Waals surface area contributed by atoms with Gasteiger partial charge in [-0.2, -0.15) is 0 Å². The number of hydrogen-bond donors (Lipinski definition) is 1. The Bertz CT molecular complexity index is 470. The molecule has 0 amide bonds. The highest BCUT2D eigenvalue weighted by Crippen LogP contribution is 2.30. The molecule has 1 aromatic carbocycles. The third-order valence-electron chi connectivity index (χ3n) is 3.81. The smallest absolute Gasteiger partial charge is 0.115 e. The number of fused-ring (bicyclic) bond motifs is 1. The largest absolute Gasteiger partial charge is 0.508 e. The minimum atomic E-state index is 0.391. The Kier molecular flexibility index (Phi) is 5.13. The fraction of sp³-hybridized carbons (Fsp3) is 0.500. The van der Waals surface area contributed by atoms with Gasteiger partial charge in [0.15, 0.2) is 0 Å². The molecule has 0 saturated carbocycles. The second-order valence-electron chi connectivity index (χ2n) is 5.15. The van der Waals surface area contributed by atoms with Crippen molar-refractivity contribution in [2.24, 2.45) is 0 Å². The molecule has 0 aromatic heterocycles. The second-order valence-corrected chi connectivity index (χ2v) is 6.26. The monoisotopic (exact) mass is 371 g/mol. The molecule has 1 aliphatic carbocycles. The van der Waals surface area contributed by atoms with E-state index in [0.29, 0.717) is 11.8 Å². The zero-order valence-corrected chi connectivity index (χ0v) is 13.9. The van der Waals surface area contributed by atoms with Gasteiger partial charge in [0, 0.05) is 12.6 Å². The highest BCUT2D eigenvalue weighted by Gasteiger charge is 2.24. The van der Waals surface area contributed by atoms with Gasteiger partial charge in [0.2, 0.25) is 0 Å². The van der Waals surface area contributed by atoms with Gasteiger partial charge in [-0.1, -0.05) is 19.1 Å². The van der Waals surface area contributed by atoms with Crippen LogP contribution in [0.15, 0.2) is 28.0 Å². The lowest BCUT2D eigenvalue weighted by Gasteiger charge is -2.36. The van der Waals surface area contributed by atoms with Crippen LogP contribution in [-0.2, 0) is 12.8 Å². The van der Waals surface area contributed by atoms with E-state index in [2.05, 4.69) is 53.5 Å². The Labute approximate surface area is 129 Å². The first-order valence-corrected chi connectivity index (χ1v) is 8.12. The molecule has 0 aliphatic heterocycles. The molecule has 19 heavy (non-hydrogen) atoms. The number of phenols is 1. The number of benzene rings is 1. The molecule has 1 atom stereocenters. The maximum Gasteiger partial charge on any atom is 0.115 e. The van der Waals surface area contributed by atoms with E-state index in [1.54, 1.807) is 6.07 Å². The molecule has 1 aliphatic rings. The van der Waals surface area contributed by atoms with E-state index in [1.165, 1.54) is 27.7 Å². The fourth-order valence-electron chi connectivity index (χ4n) is 2.86. The van der Waals surface area contributed by atoms with Crippen molar-refractivity contribution in [2.75, 3.05) is 6.54 Å². The summed E-state index contributed by atoms with van der Waals surface area (Å²) in [5.41, 5.74) is 2.72. The quantitative estimate of drug-likeness (QED) is 0.632. The fourth-order valence-corrected chi connectivity index (χ4v) is 3.50.